The van der Waals surface area contributed by atoms with E-state index >= 15 is 0 Å². The summed E-state index contributed by atoms with van der Waals surface area (Å²) in [6, 6.07) is -3.04. The van der Waals surface area contributed by atoms with Crippen LogP contribution in [0.3, 0.4) is 0 Å². The van der Waals surface area contributed by atoms with Crippen molar-refractivity contribution in [2.75, 3.05) is 27.3 Å². The van der Waals surface area contributed by atoms with E-state index in [9.17, 15) is 40.9 Å². The van der Waals surface area contributed by atoms with Gasteiger partial charge in [-0.3, -0.25) is 5.41 Å². The summed E-state index contributed by atoms with van der Waals surface area (Å²) < 4.78 is 23.6. The predicted molar refractivity (Wildman–Crippen MR) is 201 cm³/mol. The first kappa shape index (κ1) is 47.4. The van der Waals surface area contributed by atoms with Gasteiger partial charge < -0.3 is 81.1 Å². The minimum atomic E-state index is -2.13. The minimum absolute atomic E-state index is 0.153. The number of nitrogens with one attached hydrogen (secondary N) is 3. The molecule has 0 aromatic rings. The summed E-state index contributed by atoms with van der Waals surface area (Å²) in [4.78, 5) is 5.64. The number of hydrogen-bond acceptors (Lipinski definition) is 17. The van der Waals surface area contributed by atoms with Gasteiger partial charge in [0, 0.05) is 13.2 Å². The molecule has 1 aliphatic carbocycles. The van der Waals surface area contributed by atoms with Crippen LogP contribution in [-0.2, 0) is 18.9 Å². The van der Waals surface area contributed by atoms with Crippen LogP contribution in [0.25, 0.3) is 0 Å². The molecule has 0 saturated heterocycles. The zero-order valence-electron chi connectivity index (χ0n) is 32.8. The summed E-state index contributed by atoms with van der Waals surface area (Å²) in [5, 5.41) is 99.5. The monoisotopic (exact) mass is 774 g/mol. The largest absolute Gasteiger partial charge is 0.456 e. The van der Waals surface area contributed by atoms with Gasteiger partial charge in [0.2, 0.25) is 0 Å². The Morgan fingerprint density at radius 3 is 2.24 bits per heavy atom. The smallest absolute Gasteiger partial charge is 0.288 e. The number of aliphatic imine (C=N–C) groups is 1. The number of guanidine groups is 1. The summed E-state index contributed by atoms with van der Waals surface area (Å²) in [6.45, 7) is 9.79. The Morgan fingerprint density at radius 2 is 1.69 bits per heavy atom. The molecule has 2 aliphatic rings. The van der Waals surface area contributed by atoms with Crippen molar-refractivity contribution < 1.29 is 59.8 Å². The van der Waals surface area contributed by atoms with Crippen LogP contribution in [0.2, 0.25) is 0 Å². The molecule has 1 saturated carbocycles. The van der Waals surface area contributed by atoms with Crippen LogP contribution < -0.4 is 16.4 Å². The Morgan fingerprint density at radius 1 is 1.06 bits per heavy atom. The average Bonchev–Trinajstić information content (AvgIpc) is 3.29. The van der Waals surface area contributed by atoms with E-state index in [4.69, 9.17) is 30.1 Å². The van der Waals surface area contributed by atoms with E-state index < -0.39 is 98.5 Å². The molecule has 0 radical (unpaired) electrons. The van der Waals surface area contributed by atoms with Crippen LogP contribution >= 0.6 is 0 Å². The van der Waals surface area contributed by atoms with Crippen molar-refractivity contribution in [3.05, 3.63) is 35.1 Å². The summed E-state index contributed by atoms with van der Waals surface area (Å²) in [5.74, 6) is -0.348. The fourth-order valence-corrected chi connectivity index (χ4v) is 6.16. The van der Waals surface area contributed by atoms with Gasteiger partial charge >= 0.3 is 0 Å². The van der Waals surface area contributed by atoms with Gasteiger partial charge in [-0.15, -0.1) is 0 Å². The maximum absolute atomic E-state index is 11.5. The zero-order valence-corrected chi connectivity index (χ0v) is 32.8. The molecule has 18 heteroatoms. The van der Waals surface area contributed by atoms with Crippen LogP contribution in [0.1, 0.15) is 73.6 Å². The molecular weight excluding hydrogens is 708 g/mol. The minimum Gasteiger partial charge on any atom is -0.456 e. The molecule has 312 valence electrons. The highest BCUT2D eigenvalue weighted by Crippen LogP contribution is 2.33. The number of likely N-dealkylation sites (N-methyl/N-ethyl adjacent to an activating group) is 1. The first-order chi connectivity index (χ1) is 25.3. The number of ether oxygens (including phenoxy) is 4. The van der Waals surface area contributed by atoms with Crippen molar-refractivity contribution in [3.63, 3.8) is 0 Å². The van der Waals surface area contributed by atoms with Gasteiger partial charge in [0.1, 0.15) is 42.2 Å². The fraction of sp³-hybridized carbons (Fsp3) is 0.778. The van der Waals surface area contributed by atoms with Gasteiger partial charge in [0.25, 0.3) is 6.02 Å². The topological polar surface area (TPSA) is 288 Å². The highest BCUT2D eigenvalue weighted by molar-refractivity contribution is 5.79. The molecule has 1 fully saturated rings. The molecule has 0 spiro atoms. The Hall–Kier alpha value is -2.72. The number of hydrogen-bond donors (Lipinski definition) is 12. The molecule has 0 bridgehead atoms. The Balaban J connectivity index is 2.29. The Labute approximate surface area is 318 Å². The van der Waals surface area contributed by atoms with Crippen molar-refractivity contribution >= 4 is 12.0 Å². The first-order valence-corrected chi connectivity index (χ1v) is 18.4. The third kappa shape index (κ3) is 13.2. The lowest BCUT2D eigenvalue weighted by atomic mass is 9.82. The molecule has 0 aromatic carbocycles. The van der Waals surface area contributed by atoms with Crippen LogP contribution in [0, 0.1) is 5.41 Å². The Bertz CT molecular complexity index is 1290. The zero-order chi connectivity index (χ0) is 40.9. The molecule has 54 heavy (non-hydrogen) atoms. The van der Waals surface area contributed by atoms with E-state index in [1.807, 2.05) is 6.92 Å². The van der Waals surface area contributed by atoms with Gasteiger partial charge in [-0.05, 0) is 73.8 Å². The SMILES string of the molecule is CCC(O)(CO)C(OC(OC(C)CO)C(NC)C(O)O)C1N=C(N)NC2C(O)C(OC(=N)N(C)/C=C(\C)CC/C=C(\C)CCC=C(C)C)C(O)C(O)C2O1. The van der Waals surface area contributed by atoms with Gasteiger partial charge in [-0.25, -0.2) is 4.99 Å². The molecule has 2 rings (SSSR count). The highest BCUT2D eigenvalue weighted by Gasteiger charge is 2.56. The first-order valence-electron chi connectivity index (χ1n) is 18.4. The third-order valence-corrected chi connectivity index (χ3v) is 9.59. The molecular formula is C36H66N6O12. The van der Waals surface area contributed by atoms with Gasteiger partial charge in [0.05, 0.1) is 25.4 Å². The number of fused-ring (bicyclic) bond motifs is 1. The van der Waals surface area contributed by atoms with Crippen molar-refractivity contribution in [2.24, 2.45) is 10.7 Å². The van der Waals surface area contributed by atoms with Crippen LogP contribution in [0.5, 0.6) is 0 Å². The van der Waals surface area contributed by atoms with Gasteiger partial charge in [-0.1, -0.05) is 35.8 Å². The van der Waals surface area contributed by atoms with E-state index in [0.717, 1.165) is 31.3 Å². The van der Waals surface area contributed by atoms with Gasteiger partial charge in [0.15, 0.2) is 30.9 Å². The van der Waals surface area contributed by atoms with E-state index in [1.54, 1.807) is 13.2 Å². The van der Waals surface area contributed by atoms with Crippen LogP contribution in [0.15, 0.2) is 40.1 Å². The van der Waals surface area contributed by atoms with Crippen LogP contribution in [-0.4, -0.2) is 164 Å². The maximum atomic E-state index is 11.5. The number of amidine groups is 1. The fourth-order valence-electron chi connectivity index (χ4n) is 6.16. The lowest BCUT2D eigenvalue weighted by Gasteiger charge is -2.46. The molecule has 12 atom stereocenters. The summed E-state index contributed by atoms with van der Waals surface area (Å²) in [6.07, 6.45) is -6.66. The summed E-state index contributed by atoms with van der Waals surface area (Å²) in [5.41, 5.74) is 7.60. The summed E-state index contributed by atoms with van der Waals surface area (Å²) >= 11 is 0. The quantitative estimate of drug-likeness (QED) is 0.0301. The average molecular weight is 775 g/mol. The molecule has 12 unspecified atom stereocenters. The molecule has 13 N–H and O–H groups in total. The molecule has 0 amide bonds. The van der Waals surface area contributed by atoms with Gasteiger partial charge in [-0.2, -0.15) is 0 Å². The lowest BCUT2D eigenvalue weighted by Crippen LogP contribution is -2.70. The van der Waals surface area contributed by atoms with E-state index in [0.29, 0.717) is 0 Å². The summed E-state index contributed by atoms with van der Waals surface area (Å²) in [7, 11) is 2.97. The second-order valence-electron chi connectivity index (χ2n) is 14.4. The normalized spacial score (nSPS) is 28.4. The predicted octanol–water partition coefficient (Wildman–Crippen LogP) is -1.15. The third-order valence-electron chi connectivity index (χ3n) is 9.59. The van der Waals surface area contributed by atoms with Crippen molar-refractivity contribution in [2.45, 2.75) is 153 Å². The molecule has 1 heterocycles. The second kappa shape index (κ2) is 22.1. The number of rotatable bonds is 20. The number of nitrogens with zero attached hydrogens (tertiary/aromatic N) is 2. The maximum Gasteiger partial charge on any atom is 0.288 e. The van der Waals surface area contributed by atoms with Crippen molar-refractivity contribution in [1.29, 1.82) is 5.41 Å². The molecule has 0 aromatic heterocycles. The van der Waals surface area contributed by atoms with E-state index in [1.165, 1.54) is 36.9 Å². The number of aliphatic hydroxyl groups excluding tert-OH is 6. The number of nitrogens with two attached hydrogens (primary N) is 1. The van der Waals surface area contributed by atoms with Crippen molar-refractivity contribution in [1.82, 2.24) is 15.5 Å². The van der Waals surface area contributed by atoms with E-state index in [-0.39, 0.29) is 12.4 Å². The second-order valence-corrected chi connectivity index (χ2v) is 14.4. The number of aliphatic hydroxyl groups is 8. The van der Waals surface area contributed by atoms with Crippen molar-refractivity contribution in [3.8, 4) is 0 Å². The lowest BCUT2D eigenvalue weighted by molar-refractivity contribution is -0.295. The standard InChI is InChI=1S/C36H66N6O12/c1-9-36(50,18-44)30(54-33(51-22(6)17-43)24(39-7)32(48)49)31-41-34(37)40-23-25(45)29(27(47)26(46)28(23)52-31)53-35(38)42(8)16-21(5)15-11-14-20(4)13-10-12-19(2)3/h12,14,16,22-33,38-39,43-50H,9-11,13,15,17-18H2,1-8H3,(H3,37,40,41)/b20-14+,21-16+,38-35?. The Kier molecular flexibility index (Phi) is 19.4. The molecule has 18 nitrogen and oxygen atoms in total. The van der Waals surface area contributed by atoms with Crippen LogP contribution in [0.4, 0.5) is 0 Å². The molecule has 1 aliphatic heterocycles. The highest BCUT2D eigenvalue weighted by atomic mass is 16.7. The number of allylic oxidation sites excluding steroid dienone is 5. The van der Waals surface area contributed by atoms with E-state index in [2.05, 4.69) is 48.5 Å².